The Hall–Kier alpha value is -0.750. The molecule has 0 radical (unpaired) electrons. The number of rotatable bonds is 4. The molecule has 1 heterocycles. The maximum Gasteiger partial charge on any atom is 0.308 e. The second-order valence-corrected chi connectivity index (χ2v) is 7.32. The molecule has 1 fully saturated rings. The highest BCUT2D eigenvalue weighted by Crippen LogP contribution is 2.23. The minimum atomic E-state index is -0.302. The number of thioether (sulfide) groups is 1. The standard InChI is InChI=1S/C13H23NO4S/c1-13(2,3)19-9-11(15)14-5-6-18-10(8-14)7-12(16)17-4/h10H,5-9H2,1-4H3. The van der Waals surface area contributed by atoms with Crippen molar-refractivity contribution in [3.8, 4) is 0 Å². The van der Waals surface area contributed by atoms with Gasteiger partial charge < -0.3 is 14.4 Å². The van der Waals surface area contributed by atoms with E-state index in [0.717, 1.165) is 0 Å². The molecule has 0 aliphatic carbocycles. The average Bonchev–Trinajstić information content (AvgIpc) is 2.35. The number of nitrogens with zero attached hydrogens (tertiary/aromatic N) is 1. The molecule has 0 spiro atoms. The largest absolute Gasteiger partial charge is 0.469 e. The molecule has 1 atom stereocenters. The molecule has 1 aliphatic heterocycles. The van der Waals surface area contributed by atoms with Gasteiger partial charge in [0.1, 0.15) is 0 Å². The number of methoxy groups -OCH3 is 1. The molecule has 0 aromatic rings. The van der Waals surface area contributed by atoms with Gasteiger partial charge in [-0.3, -0.25) is 9.59 Å². The predicted octanol–water partition coefficient (Wildman–Crippen LogP) is 1.31. The van der Waals surface area contributed by atoms with Crippen LogP contribution >= 0.6 is 11.8 Å². The Kier molecular flexibility index (Phi) is 6.13. The van der Waals surface area contributed by atoms with Crippen LogP contribution in [0, 0.1) is 0 Å². The molecule has 1 amide bonds. The molecular formula is C13H23NO4S. The Labute approximate surface area is 119 Å². The van der Waals surface area contributed by atoms with E-state index in [4.69, 9.17) is 4.74 Å². The summed E-state index contributed by atoms with van der Waals surface area (Å²) >= 11 is 1.63. The number of ether oxygens (including phenoxy) is 2. The lowest BCUT2D eigenvalue weighted by molar-refractivity contribution is -0.149. The van der Waals surface area contributed by atoms with Gasteiger partial charge in [0.05, 0.1) is 32.0 Å². The minimum absolute atomic E-state index is 0.0768. The summed E-state index contributed by atoms with van der Waals surface area (Å²) in [6, 6.07) is 0. The van der Waals surface area contributed by atoms with Crippen LogP contribution in [0.4, 0.5) is 0 Å². The predicted molar refractivity (Wildman–Crippen MR) is 75.2 cm³/mol. The summed E-state index contributed by atoms with van der Waals surface area (Å²) in [5, 5.41) is 0. The lowest BCUT2D eigenvalue weighted by Gasteiger charge is -2.33. The molecule has 0 bridgehead atoms. The van der Waals surface area contributed by atoms with E-state index in [1.54, 1.807) is 16.7 Å². The number of hydrogen-bond donors (Lipinski definition) is 0. The van der Waals surface area contributed by atoms with E-state index in [-0.39, 0.29) is 29.1 Å². The number of carbonyl (C=O) groups is 2. The molecule has 6 heteroatoms. The van der Waals surface area contributed by atoms with Crippen molar-refractivity contribution in [1.82, 2.24) is 4.90 Å². The highest BCUT2D eigenvalue weighted by molar-refractivity contribution is 8.01. The Bertz CT molecular complexity index is 327. The van der Waals surface area contributed by atoms with Crippen molar-refractivity contribution in [3.63, 3.8) is 0 Å². The van der Waals surface area contributed by atoms with Gasteiger partial charge in [-0.2, -0.15) is 0 Å². The summed E-state index contributed by atoms with van der Waals surface area (Å²) in [4.78, 5) is 25.1. The minimum Gasteiger partial charge on any atom is -0.469 e. The third kappa shape index (κ3) is 6.29. The van der Waals surface area contributed by atoms with Crippen LogP contribution in [-0.2, 0) is 19.1 Å². The number of morpholine rings is 1. The topological polar surface area (TPSA) is 55.8 Å². The highest BCUT2D eigenvalue weighted by Gasteiger charge is 2.27. The van der Waals surface area contributed by atoms with Crippen molar-refractivity contribution >= 4 is 23.6 Å². The van der Waals surface area contributed by atoms with Gasteiger partial charge in [-0.15, -0.1) is 11.8 Å². The van der Waals surface area contributed by atoms with Crippen molar-refractivity contribution in [3.05, 3.63) is 0 Å². The fourth-order valence-electron chi connectivity index (χ4n) is 1.71. The summed E-state index contributed by atoms with van der Waals surface area (Å²) in [5.41, 5.74) is 0. The quantitative estimate of drug-likeness (QED) is 0.730. The van der Waals surface area contributed by atoms with E-state index >= 15 is 0 Å². The van der Waals surface area contributed by atoms with Crippen LogP contribution in [0.1, 0.15) is 27.2 Å². The van der Waals surface area contributed by atoms with E-state index in [9.17, 15) is 9.59 Å². The summed E-state index contributed by atoms with van der Waals surface area (Å²) in [5.74, 6) is 0.274. The summed E-state index contributed by atoms with van der Waals surface area (Å²) in [6.45, 7) is 7.81. The molecular weight excluding hydrogens is 266 g/mol. The monoisotopic (exact) mass is 289 g/mol. The fourth-order valence-corrected chi connectivity index (χ4v) is 2.45. The third-order valence-corrected chi connectivity index (χ3v) is 4.00. The van der Waals surface area contributed by atoms with Gasteiger partial charge in [0.2, 0.25) is 5.91 Å². The Morgan fingerprint density at radius 2 is 2.11 bits per heavy atom. The maximum absolute atomic E-state index is 12.1. The van der Waals surface area contributed by atoms with E-state index < -0.39 is 0 Å². The zero-order chi connectivity index (χ0) is 14.5. The fraction of sp³-hybridized carbons (Fsp3) is 0.846. The molecule has 1 saturated heterocycles. The zero-order valence-electron chi connectivity index (χ0n) is 12.1. The van der Waals surface area contributed by atoms with Crippen molar-refractivity contribution in [1.29, 1.82) is 0 Å². The number of hydrogen-bond acceptors (Lipinski definition) is 5. The van der Waals surface area contributed by atoms with Gasteiger partial charge in [-0.25, -0.2) is 0 Å². The molecule has 19 heavy (non-hydrogen) atoms. The van der Waals surface area contributed by atoms with E-state index in [1.807, 2.05) is 0 Å². The first-order chi connectivity index (χ1) is 8.81. The van der Waals surface area contributed by atoms with Gasteiger partial charge in [0.15, 0.2) is 0 Å². The molecule has 0 aromatic heterocycles. The summed E-state index contributed by atoms with van der Waals surface area (Å²) < 4.78 is 10.2. The van der Waals surface area contributed by atoms with Gasteiger partial charge >= 0.3 is 5.97 Å². The Morgan fingerprint density at radius 1 is 1.42 bits per heavy atom. The molecule has 0 saturated carbocycles. The first-order valence-electron chi connectivity index (χ1n) is 6.42. The van der Waals surface area contributed by atoms with Crippen LogP contribution in [0.5, 0.6) is 0 Å². The maximum atomic E-state index is 12.1. The third-order valence-electron chi connectivity index (χ3n) is 2.74. The van der Waals surface area contributed by atoms with E-state index in [1.165, 1.54) is 7.11 Å². The Balaban J connectivity index is 2.41. The van der Waals surface area contributed by atoms with Crippen molar-refractivity contribution in [2.75, 3.05) is 32.6 Å². The van der Waals surface area contributed by atoms with Gasteiger partial charge in [-0.05, 0) is 0 Å². The van der Waals surface area contributed by atoms with E-state index in [0.29, 0.717) is 25.4 Å². The Morgan fingerprint density at radius 3 is 2.68 bits per heavy atom. The van der Waals surface area contributed by atoms with Crippen LogP contribution in [0.15, 0.2) is 0 Å². The second-order valence-electron chi connectivity index (χ2n) is 5.51. The smallest absolute Gasteiger partial charge is 0.308 e. The van der Waals surface area contributed by atoms with Crippen molar-refractivity contribution < 1.29 is 19.1 Å². The van der Waals surface area contributed by atoms with Crippen LogP contribution in [-0.4, -0.2) is 60.2 Å². The van der Waals surface area contributed by atoms with Crippen LogP contribution in [0.2, 0.25) is 0 Å². The highest BCUT2D eigenvalue weighted by atomic mass is 32.2. The second kappa shape index (κ2) is 7.14. The van der Waals surface area contributed by atoms with Crippen LogP contribution in [0.25, 0.3) is 0 Å². The number of carbonyl (C=O) groups excluding carboxylic acids is 2. The molecule has 0 N–H and O–H groups in total. The lowest BCUT2D eigenvalue weighted by Crippen LogP contribution is -2.47. The number of amides is 1. The van der Waals surface area contributed by atoms with Crippen LogP contribution in [0.3, 0.4) is 0 Å². The van der Waals surface area contributed by atoms with Crippen molar-refractivity contribution in [2.45, 2.75) is 38.0 Å². The molecule has 1 rings (SSSR count). The van der Waals surface area contributed by atoms with Gasteiger partial charge in [0, 0.05) is 17.8 Å². The zero-order valence-corrected chi connectivity index (χ0v) is 12.9. The lowest BCUT2D eigenvalue weighted by atomic mass is 10.2. The molecule has 1 unspecified atom stereocenters. The first-order valence-corrected chi connectivity index (χ1v) is 7.40. The molecule has 5 nitrogen and oxygen atoms in total. The van der Waals surface area contributed by atoms with Gasteiger partial charge in [-0.1, -0.05) is 20.8 Å². The normalized spacial score (nSPS) is 20.2. The summed E-state index contributed by atoms with van der Waals surface area (Å²) in [7, 11) is 1.36. The molecule has 0 aromatic carbocycles. The van der Waals surface area contributed by atoms with Crippen molar-refractivity contribution in [2.24, 2.45) is 0 Å². The summed E-state index contributed by atoms with van der Waals surface area (Å²) in [6.07, 6.45) is -0.0445. The number of esters is 1. The van der Waals surface area contributed by atoms with Crippen LogP contribution < -0.4 is 0 Å². The SMILES string of the molecule is COC(=O)CC1CN(C(=O)CSC(C)(C)C)CCO1. The van der Waals surface area contributed by atoms with Gasteiger partial charge in [0.25, 0.3) is 0 Å². The first kappa shape index (κ1) is 16.3. The van der Waals surface area contributed by atoms with E-state index in [2.05, 4.69) is 25.5 Å². The molecule has 110 valence electrons. The average molecular weight is 289 g/mol. The molecule has 1 aliphatic rings.